The Morgan fingerprint density at radius 1 is 0.531 bits per heavy atom. The van der Waals surface area contributed by atoms with Crippen LogP contribution >= 0.6 is 0 Å². The molecular weight excluding hydrogens is 777 g/mol. The van der Waals surface area contributed by atoms with Crippen LogP contribution in [0.5, 0.6) is 0 Å². The molecule has 0 aliphatic heterocycles. The summed E-state index contributed by atoms with van der Waals surface area (Å²) in [7, 11) is 0. The van der Waals surface area contributed by atoms with Gasteiger partial charge in [0.25, 0.3) is 0 Å². The fourth-order valence-electron chi connectivity index (χ4n) is 13.7. The van der Waals surface area contributed by atoms with Gasteiger partial charge in [0, 0.05) is 45.0 Å². The minimum atomic E-state index is -0.118. The molecular formula is C61H60N2O. The molecule has 7 aromatic carbocycles. The predicted octanol–water partition coefficient (Wildman–Crippen LogP) is 17.1. The number of hydrogen-bond donors (Lipinski definition) is 0. The summed E-state index contributed by atoms with van der Waals surface area (Å²) in [5.41, 5.74) is 16.8. The zero-order chi connectivity index (χ0) is 42.8. The summed E-state index contributed by atoms with van der Waals surface area (Å²) in [4.78, 5) is 5.14. The third-order valence-electron chi connectivity index (χ3n) is 16.5. The third-order valence-corrected chi connectivity index (χ3v) is 16.5. The molecule has 1 aromatic heterocycles. The summed E-state index contributed by atoms with van der Waals surface area (Å²) < 4.78 is 6.55. The van der Waals surface area contributed by atoms with E-state index in [4.69, 9.17) is 4.42 Å². The van der Waals surface area contributed by atoms with E-state index >= 15 is 0 Å². The topological polar surface area (TPSA) is 19.6 Å². The number of anilines is 6. The predicted molar refractivity (Wildman–Crippen MR) is 267 cm³/mol. The van der Waals surface area contributed by atoms with Crippen LogP contribution < -0.4 is 9.80 Å². The van der Waals surface area contributed by atoms with Gasteiger partial charge in [0.1, 0.15) is 11.2 Å². The van der Waals surface area contributed by atoms with Crippen molar-refractivity contribution in [3.05, 3.63) is 192 Å². The highest BCUT2D eigenvalue weighted by molar-refractivity contribution is 6.06. The summed E-state index contributed by atoms with van der Waals surface area (Å²) in [6.07, 6.45) is 14.2. The summed E-state index contributed by atoms with van der Waals surface area (Å²) in [5.74, 6) is 3.44. The van der Waals surface area contributed by atoms with Gasteiger partial charge in [-0.05, 0) is 169 Å². The Labute approximate surface area is 379 Å². The molecule has 2 saturated carbocycles. The molecule has 0 N–H and O–H groups in total. The van der Waals surface area contributed by atoms with Crippen LogP contribution in [0.1, 0.15) is 105 Å². The lowest BCUT2D eigenvalue weighted by molar-refractivity contribution is 0.258. The summed E-state index contributed by atoms with van der Waals surface area (Å²) in [6, 6.07) is 61.8. The Bertz CT molecular complexity index is 2940. The molecule has 3 heteroatoms. The fourth-order valence-corrected chi connectivity index (χ4v) is 13.7. The van der Waals surface area contributed by atoms with Gasteiger partial charge in [-0.25, -0.2) is 0 Å². The average Bonchev–Trinajstić information content (AvgIpc) is 4.08. The highest BCUT2D eigenvalue weighted by Crippen LogP contribution is 2.69. The smallest absolute Gasteiger partial charge is 0.137 e. The van der Waals surface area contributed by atoms with Crippen molar-refractivity contribution in [2.75, 3.05) is 9.80 Å². The van der Waals surface area contributed by atoms with Crippen molar-refractivity contribution in [2.24, 2.45) is 23.7 Å². The van der Waals surface area contributed by atoms with Crippen LogP contribution in [0.15, 0.2) is 168 Å². The first-order chi connectivity index (χ1) is 31.6. The third kappa shape index (κ3) is 6.36. The second kappa shape index (κ2) is 16.2. The lowest BCUT2D eigenvalue weighted by Crippen LogP contribution is -2.34. The molecule has 8 aromatic rings. The zero-order valence-electron chi connectivity index (χ0n) is 37.6. The molecule has 320 valence electrons. The van der Waals surface area contributed by atoms with Gasteiger partial charge >= 0.3 is 0 Å². The van der Waals surface area contributed by atoms with Crippen LogP contribution in [0.2, 0.25) is 0 Å². The maximum atomic E-state index is 6.55. The molecule has 12 rings (SSSR count). The highest BCUT2D eigenvalue weighted by Gasteiger charge is 2.62. The van der Waals surface area contributed by atoms with Gasteiger partial charge in [-0.15, -0.1) is 0 Å². The number of hydrogen-bond acceptors (Lipinski definition) is 3. The van der Waals surface area contributed by atoms with E-state index in [9.17, 15) is 0 Å². The number of para-hydroxylation sites is 3. The maximum Gasteiger partial charge on any atom is 0.137 e. The van der Waals surface area contributed by atoms with E-state index < -0.39 is 0 Å². The fraction of sp³-hybridized carbons (Fsp3) is 0.311. The van der Waals surface area contributed by atoms with Gasteiger partial charge in [-0.2, -0.15) is 0 Å². The SMILES string of the molecule is CCC(CC)CC1CCCC(c2ccc(N(c3ccccc3)c3cccc4c3C35c6c(cccc6N(c6ccccc6)c6ccc7c(c6)oc6ccccc67)CC3CCC5C4)cc2)C1. The Morgan fingerprint density at radius 2 is 1.09 bits per heavy atom. The minimum Gasteiger partial charge on any atom is -0.456 e. The first-order valence-electron chi connectivity index (χ1n) is 24.6. The van der Waals surface area contributed by atoms with Gasteiger partial charge < -0.3 is 14.2 Å². The van der Waals surface area contributed by atoms with E-state index in [-0.39, 0.29) is 5.41 Å². The Morgan fingerprint density at radius 3 is 1.73 bits per heavy atom. The van der Waals surface area contributed by atoms with Crippen molar-refractivity contribution in [1.29, 1.82) is 0 Å². The van der Waals surface area contributed by atoms with Crippen LogP contribution in [0.3, 0.4) is 0 Å². The Kier molecular flexibility index (Phi) is 9.99. The zero-order valence-corrected chi connectivity index (χ0v) is 37.6. The van der Waals surface area contributed by atoms with Crippen LogP contribution in [0, 0.1) is 23.7 Å². The monoisotopic (exact) mass is 836 g/mol. The number of rotatable bonds is 11. The summed E-state index contributed by atoms with van der Waals surface area (Å²) in [6.45, 7) is 4.77. The Balaban J connectivity index is 0.999. The molecule has 0 radical (unpaired) electrons. The number of fused-ring (bicyclic) bond motifs is 5. The molecule has 0 saturated heterocycles. The molecule has 4 aliphatic carbocycles. The standard InChI is InChI=1S/C61H60N2O/c1-3-41(4-2)36-42-16-13-17-44(37-42)43-28-32-51(33-29-43)62(49-20-7-5-8-21-49)55-25-14-18-45-38-47-30-31-48-39-46-19-15-26-56(60(46)61(47,48)59(45)55)63(50-22-9-6-10-23-50)52-34-35-54-53-24-11-12-27-57(53)64-58(54)40-52/h5-12,14-15,18-29,32-35,40-42,44,47-48H,3-4,13,16-17,30-31,36-39H2,1-2H3. The number of benzene rings is 7. The van der Waals surface area contributed by atoms with Gasteiger partial charge in [-0.3, -0.25) is 0 Å². The van der Waals surface area contributed by atoms with Crippen molar-refractivity contribution in [3.8, 4) is 0 Å². The number of nitrogens with zero attached hydrogens (tertiary/aromatic N) is 2. The van der Waals surface area contributed by atoms with Crippen LogP contribution in [0.4, 0.5) is 34.1 Å². The van der Waals surface area contributed by atoms with E-state index in [2.05, 4.69) is 187 Å². The first-order valence-corrected chi connectivity index (χ1v) is 24.6. The minimum absolute atomic E-state index is 0.118. The van der Waals surface area contributed by atoms with Crippen LogP contribution in [-0.4, -0.2) is 0 Å². The highest BCUT2D eigenvalue weighted by atomic mass is 16.3. The lowest BCUT2D eigenvalue weighted by Gasteiger charge is -2.40. The van der Waals surface area contributed by atoms with E-state index in [0.717, 1.165) is 58.0 Å². The van der Waals surface area contributed by atoms with Gasteiger partial charge in [-0.1, -0.05) is 131 Å². The van der Waals surface area contributed by atoms with Gasteiger partial charge in [0.15, 0.2) is 0 Å². The molecule has 1 heterocycles. The van der Waals surface area contributed by atoms with Gasteiger partial charge in [0.2, 0.25) is 0 Å². The van der Waals surface area contributed by atoms with Crippen molar-refractivity contribution >= 4 is 56.1 Å². The molecule has 5 atom stereocenters. The molecule has 5 unspecified atom stereocenters. The lowest BCUT2D eigenvalue weighted by atomic mass is 9.68. The van der Waals surface area contributed by atoms with E-state index in [1.54, 1.807) is 5.56 Å². The second-order valence-electron chi connectivity index (χ2n) is 19.7. The average molecular weight is 837 g/mol. The molecule has 64 heavy (non-hydrogen) atoms. The van der Waals surface area contributed by atoms with Crippen LogP contribution in [-0.2, 0) is 18.3 Å². The van der Waals surface area contributed by atoms with Crippen molar-refractivity contribution < 1.29 is 4.42 Å². The molecule has 3 nitrogen and oxygen atoms in total. The van der Waals surface area contributed by atoms with Crippen molar-refractivity contribution in [2.45, 2.75) is 95.8 Å². The quantitative estimate of drug-likeness (QED) is 0.129. The van der Waals surface area contributed by atoms with E-state index in [1.807, 2.05) is 0 Å². The maximum absolute atomic E-state index is 6.55. The first kappa shape index (κ1) is 39.5. The molecule has 4 aliphatic rings. The van der Waals surface area contributed by atoms with E-state index in [0.29, 0.717) is 17.8 Å². The van der Waals surface area contributed by atoms with Crippen molar-refractivity contribution in [3.63, 3.8) is 0 Å². The molecule has 1 spiro atoms. The molecule has 2 fully saturated rings. The Hall–Kier alpha value is -6.06. The van der Waals surface area contributed by atoms with Gasteiger partial charge in [0.05, 0.1) is 11.4 Å². The molecule has 0 amide bonds. The van der Waals surface area contributed by atoms with E-state index in [1.165, 1.54) is 103 Å². The largest absolute Gasteiger partial charge is 0.456 e. The van der Waals surface area contributed by atoms with Crippen LogP contribution in [0.25, 0.3) is 21.9 Å². The second-order valence-corrected chi connectivity index (χ2v) is 19.7. The summed E-state index contributed by atoms with van der Waals surface area (Å²) in [5, 5.41) is 2.32. The van der Waals surface area contributed by atoms with Crippen molar-refractivity contribution in [1.82, 2.24) is 0 Å². The number of furan rings is 1. The normalized spacial score (nSPS) is 22.1. The molecule has 0 bridgehead atoms. The summed E-state index contributed by atoms with van der Waals surface area (Å²) >= 11 is 0.